The summed E-state index contributed by atoms with van der Waals surface area (Å²) in [4.78, 5) is 39.7. The quantitative estimate of drug-likeness (QED) is 0.477. The summed E-state index contributed by atoms with van der Waals surface area (Å²) in [6, 6.07) is 9.56. The van der Waals surface area contributed by atoms with Crippen LogP contribution in [0.4, 0.5) is 23.1 Å². The SMILES string of the molecule is COc1cc(C(=O)NCc2cccn2C)ccc1Nc1ncc2c(n1)N(C1CCCC1)CC1(CC1)C(=O)N2C. The van der Waals surface area contributed by atoms with Crippen molar-refractivity contribution in [3.8, 4) is 5.75 Å². The largest absolute Gasteiger partial charge is 0.495 e. The molecule has 2 aromatic heterocycles. The van der Waals surface area contributed by atoms with Gasteiger partial charge < -0.3 is 29.7 Å². The van der Waals surface area contributed by atoms with Crippen LogP contribution in [0.2, 0.25) is 0 Å². The number of anilines is 4. The lowest BCUT2D eigenvalue weighted by Crippen LogP contribution is -2.41. The Morgan fingerprint density at radius 2 is 1.97 bits per heavy atom. The maximum absolute atomic E-state index is 13.3. The van der Waals surface area contributed by atoms with Gasteiger partial charge in [0.1, 0.15) is 11.4 Å². The van der Waals surface area contributed by atoms with Gasteiger partial charge in [0.2, 0.25) is 11.9 Å². The molecule has 2 amide bonds. The molecule has 2 N–H and O–H groups in total. The van der Waals surface area contributed by atoms with Crippen molar-refractivity contribution in [2.75, 3.05) is 35.8 Å². The van der Waals surface area contributed by atoms with Crippen molar-refractivity contribution in [2.45, 2.75) is 51.1 Å². The van der Waals surface area contributed by atoms with Crippen LogP contribution in [-0.2, 0) is 18.4 Å². The summed E-state index contributed by atoms with van der Waals surface area (Å²) in [5.74, 6) is 1.71. The van der Waals surface area contributed by atoms with Crippen LogP contribution in [0, 0.1) is 5.41 Å². The molecule has 1 spiro atoms. The van der Waals surface area contributed by atoms with Gasteiger partial charge in [0, 0.05) is 44.1 Å². The standard InChI is InChI=1S/C29H35N7O3/c1-34-14-6-9-21(34)16-30-26(37)19-10-11-22(24(15-19)39-3)32-28-31-17-23-25(33-28)36(20-7-4-5-8-20)18-29(12-13-29)27(38)35(23)2/h6,9-11,14-15,17,20H,4-5,7-8,12-13,16,18H2,1-3H3,(H,30,37)(H,31,32,33). The van der Waals surface area contributed by atoms with E-state index in [-0.39, 0.29) is 17.2 Å². The van der Waals surface area contributed by atoms with Crippen LogP contribution in [0.5, 0.6) is 5.75 Å². The molecule has 204 valence electrons. The molecule has 3 heterocycles. The Kier molecular flexibility index (Phi) is 6.40. The number of methoxy groups -OCH3 is 1. The first-order chi connectivity index (χ1) is 18.9. The normalized spacial score (nSPS) is 18.2. The number of carbonyl (C=O) groups excluding carboxylic acids is 2. The maximum atomic E-state index is 13.3. The van der Waals surface area contributed by atoms with Crippen LogP contribution < -0.4 is 25.2 Å². The van der Waals surface area contributed by atoms with Gasteiger partial charge in [-0.25, -0.2) is 4.98 Å². The lowest BCUT2D eigenvalue weighted by atomic mass is 10.0. The second-order valence-corrected chi connectivity index (χ2v) is 10.9. The molecule has 6 rings (SSSR count). The highest BCUT2D eigenvalue weighted by molar-refractivity contribution is 6.03. The average Bonchev–Trinajstić information content (AvgIpc) is 3.33. The highest BCUT2D eigenvalue weighted by Crippen LogP contribution is 2.52. The van der Waals surface area contributed by atoms with E-state index in [9.17, 15) is 9.59 Å². The molecule has 0 radical (unpaired) electrons. The highest BCUT2D eigenvalue weighted by Gasteiger charge is 2.55. The van der Waals surface area contributed by atoms with Gasteiger partial charge in [-0.05, 0) is 56.0 Å². The number of nitrogens with one attached hydrogen (secondary N) is 2. The van der Waals surface area contributed by atoms with Gasteiger partial charge in [-0.3, -0.25) is 9.59 Å². The summed E-state index contributed by atoms with van der Waals surface area (Å²) in [6.07, 6.45) is 10.2. The van der Waals surface area contributed by atoms with Gasteiger partial charge in [-0.15, -0.1) is 0 Å². The predicted molar refractivity (Wildman–Crippen MR) is 150 cm³/mol. The van der Waals surface area contributed by atoms with Gasteiger partial charge in [0.05, 0.1) is 31.0 Å². The number of ether oxygens (including phenoxy) is 1. The van der Waals surface area contributed by atoms with E-state index in [1.807, 2.05) is 37.0 Å². The average molecular weight is 530 g/mol. The number of nitrogens with zero attached hydrogens (tertiary/aromatic N) is 5. The molecular weight excluding hydrogens is 494 g/mol. The third kappa shape index (κ3) is 4.68. The fraction of sp³-hybridized carbons (Fsp3) is 0.448. The Morgan fingerprint density at radius 3 is 2.67 bits per heavy atom. The van der Waals surface area contributed by atoms with E-state index < -0.39 is 0 Å². The third-order valence-electron chi connectivity index (χ3n) is 8.43. The number of aromatic nitrogens is 3. The minimum absolute atomic E-state index is 0.163. The van der Waals surface area contributed by atoms with Crippen molar-refractivity contribution in [2.24, 2.45) is 12.5 Å². The van der Waals surface area contributed by atoms with E-state index in [1.54, 1.807) is 36.4 Å². The Hall–Kier alpha value is -4.08. The summed E-state index contributed by atoms with van der Waals surface area (Å²) in [6.45, 7) is 1.14. The van der Waals surface area contributed by atoms with Crippen molar-refractivity contribution < 1.29 is 14.3 Å². The van der Waals surface area contributed by atoms with Crippen molar-refractivity contribution >= 4 is 35.0 Å². The first-order valence-electron chi connectivity index (χ1n) is 13.6. The van der Waals surface area contributed by atoms with E-state index in [1.165, 1.54) is 12.8 Å². The van der Waals surface area contributed by atoms with Crippen LogP contribution >= 0.6 is 0 Å². The summed E-state index contributed by atoms with van der Waals surface area (Å²) in [5.41, 5.74) is 2.61. The van der Waals surface area contributed by atoms with Gasteiger partial charge in [0.15, 0.2) is 5.82 Å². The number of aryl methyl sites for hydroxylation is 1. The molecule has 39 heavy (non-hydrogen) atoms. The summed E-state index contributed by atoms with van der Waals surface area (Å²) >= 11 is 0. The number of hydrogen-bond acceptors (Lipinski definition) is 7. The number of amides is 2. The molecule has 0 bridgehead atoms. The maximum Gasteiger partial charge on any atom is 0.251 e. The third-order valence-corrected chi connectivity index (χ3v) is 8.43. The first kappa shape index (κ1) is 25.2. The number of benzene rings is 1. The van der Waals surface area contributed by atoms with E-state index in [2.05, 4.69) is 20.5 Å². The number of carbonyl (C=O) groups is 2. The molecule has 0 atom stereocenters. The van der Waals surface area contributed by atoms with Crippen LogP contribution in [-0.4, -0.2) is 53.1 Å². The van der Waals surface area contributed by atoms with Crippen LogP contribution in [0.25, 0.3) is 0 Å². The summed E-state index contributed by atoms with van der Waals surface area (Å²) < 4.78 is 7.59. The van der Waals surface area contributed by atoms with E-state index in [4.69, 9.17) is 9.72 Å². The molecule has 0 saturated heterocycles. The second kappa shape index (κ2) is 9.91. The Balaban J connectivity index is 1.25. The number of rotatable bonds is 7. The number of hydrogen-bond donors (Lipinski definition) is 2. The van der Waals surface area contributed by atoms with Crippen LogP contribution in [0.1, 0.15) is 54.6 Å². The van der Waals surface area contributed by atoms with Crippen molar-refractivity contribution in [1.82, 2.24) is 19.9 Å². The molecule has 2 fully saturated rings. The zero-order valence-electron chi connectivity index (χ0n) is 22.7. The molecule has 10 nitrogen and oxygen atoms in total. The zero-order valence-corrected chi connectivity index (χ0v) is 22.7. The lowest BCUT2D eigenvalue weighted by Gasteiger charge is -2.31. The predicted octanol–water partition coefficient (Wildman–Crippen LogP) is 4.00. The Bertz CT molecular complexity index is 1410. The Morgan fingerprint density at radius 1 is 1.18 bits per heavy atom. The number of fused-ring (bicyclic) bond motifs is 1. The van der Waals surface area contributed by atoms with E-state index >= 15 is 0 Å². The molecule has 1 aromatic carbocycles. The molecule has 0 unspecified atom stereocenters. The van der Waals surface area contributed by atoms with Crippen molar-refractivity contribution in [1.29, 1.82) is 0 Å². The smallest absolute Gasteiger partial charge is 0.251 e. The zero-order chi connectivity index (χ0) is 27.1. The Labute approximate surface area is 228 Å². The van der Waals surface area contributed by atoms with Gasteiger partial charge in [-0.1, -0.05) is 12.8 Å². The molecular formula is C29H35N7O3. The molecule has 1 aliphatic heterocycles. The monoisotopic (exact) mass is 529 g/mol. The van der Waals surface area contributed by atoms with Crippen molar-refractivity contribution in [3.63, 3.8) is 0 Å². The fourth-order valence-corrected chi connectivity index (χ4v) is 5.86. The molecule has 10 heteroatoms. The fourth-order valence-electron chi connectivity index (χ4n) is 5.86. The lowest BCUT2D eigenvalue weighted by molar-refractivity contribution is -0.122. The topological polar surface area (TPSA) is 105 Å². The van der Waals surface area contributed by atoms with Gasteiger partial charge >= 0.3 is 0 Å². The van der Waals surface area contributed by atoms with Crippen molar-refractivity contribution in [3.05, 3.63) is 54.0 Å². The van der Waals surface area contributed by atoms with E-state index in [0.29, 0.717) is 42.1 Å². The van der Waals surface area contributed by atoms with Crippen LogP contribution in [0.3, 0.4) is 0 Å². The summed E-state index contributed by atoms with van der Waals surface area (Å²) in [7, 11) is 5.35. The highest BCUT2D eigenvalue weighted by atomic mass is 16.5. The molecule has 3 aromatic rings. The molecule has 2 aliphatic carbocycles. The minimum Gasteiger partial charge on any atom is -0.495 e. The first-order valence-corrected chi connectivity index (χ1v) is 13.6. The van der Waals surface area contributed by atoms with Crippen LogP contribution in [0.15, 0.2) is 42.7 Å². The molecule has 2 saturated carbocycles. The minimum atomic E-state index is -0.300. The molecule has 3 aliphatic rings. The summed E-state index contributed by atoms with van der Waals surface area (Å²) in [5, 5.41) is 6.24. The van der Waals surface area contributed by atoms with E-state index in [0.717, 1.165) is 42.9 Å². The van der Waals surface area contributed by atoms with Gasteiger partial charge in [0.25, 0.3) is 5.91 Å². The second-order valence-electron chi connectivity index (χ2n) is 10.9. The van der Waals surface area contributed by atoms with Gasteiger partial charge in [-0.2, -0.15) is 4.98 Å².